The van der Waals surface area contributed by atoms with Crippen molar-refractivity contribution in [2.24, 2.45) is 0 Å². The SMILES string of the molecule is C[C@@H](SCc1ccccc1)C(=O)Nc1ccccc1. The average molecular weight is 271 g/mol. The number of anilines is 1. The number of para-hydroxylation sites is 1. The number of thioether (sulfide) groups is 1. The normalized spacial score (nSPS) is 11.8. The minimum absolute atomic E-state index is 0.0483. The predicted octanol–water partition coefficient (Wildman–Crippen LogP) is 3.95. The van der Waals surface area contributed by atoms with Crippen LogP contribution in [-0.2, 0) is 10.5 Å². The van der Waals surface area contributed by atoms with E-state index in [4.69, 9.17) is 0 Å². The zero-order valence-corrected chi connectivity index (χ0v) is 11.7. The van der Waals surface area contributed by atoms with E-state index in [1.807, 2.05) is 55.5 Å². The lowest BCUT2D eigenvalue weighted by Crippen LogP contribution is -2.22. The van der Waals surface area contributed by atoms with E-state index in [2.05, 4.69) is 17.4 Å². The lowest BCUT2D eigenvalue weighted by molar-refractivity contribution is -0.115. The van der Waals surface area contributed by atoms with Gasteiger partial charge in [0.2, 0.25) is 5.91 Å². The van der Waals surface area contributed by atoms with E-state index >= 15 is 0 Å². The van der Waals surface area contributed by atoms with Crippen molar-refractivity contribution < 1.29 is 4.79 Å². The van der Waals surface area contributed by atoms with Gasteiger partial charge in [0.05, 0.1) is 5.25 Å². The summed E-state index contributed by atoms with van der Waals surface area (Å²) in [7, 11) is 0. The molecule has 0 fully saturated rings. The lowest BCUT2D eigenvalue weighted by atomic mass is 10.2. The minimum atomic E-state index is -0.0691. The summed E-state index contributed by atoms with van der Waals surface area (Å²) in [6.45, 7) is 1.94. The second-order valence-corrected chi connectivity index (χ2v) is 5.62. The topological polar surface area (TPSA) is 29.1 Å². The second kappa shape index (κ2) is 7.00. The van der Waals surface area contributed by atoms with E-state index in [0.717, 1.165) is 11.4 Å². The van der Waals surface area contributed by atoms with E-state index in [1.54, 1.807) is 11.8 Å². The molecule has 0 aliphatic rings. The van der Waals surface area contributed by atoms with Crippen LogP contribution in [0.1, 0.15) is 12.5 Å². The van der Waals surface area contributed by atoms with E-state index in [1.165, 1.54) is 5.56 Å². The number of hydrogen-bond donors (Lipinski definition) is 1. The second-order valence-electron chi connectivity index (χ2n) is 4.29. The zero-order valence-electron chi connectivity index (χ0n) is 10.9. The molecule has 0 saturated carbocycles. The highest BCUT2D eigenvalue weighted by Gasteiger charge is 2.13. The van der Waals surface area contributed by atoms with Gasteiger partial charge in [-0.05, 0) is 24.6 Å². The van der Waals surface area contributed by atoms with Crippen molar-refractivity contribution in [3.05, 3.63) is 66.2 Å². The molecule has 0 heterocycles. The molecule has 1 atom stereocenters. The molecule has 0 aromatic heterocycles. The van der Waals surface area contributed by atoms with Crippen molar-refractivity contribution in [1.29, 1.82) is 0 Å². The Balaban J connectivity index is 1.83. The Labute approximate surface area is 118 Å². The third-order valence-corrected chi connectivity index (χ3v) is 3.97. The molecule has 2 rings (SSSR count). The maximum atomic E-state index is 12.0. The van der Waals surface area contributed by atoms with E-state index in [-0.39, 0.29) is 11.2 Å². The number of rotatable bonds is 5. The highest BCUT2D eigenvalue weighted by molar-refractivity contribution is 7.99. The molecule has 98 valence electrons. The number of nitrogens with one attached hydrogen (secondary N) is 1. The molecule has 2 nitrogen and oxygen atoms in total. The summed E-state index contributed by atoms with van der Waals surface area (Å²) < 4.78 is 0. The Morgan fingerprint density at radius 3 is 2.26 bits per heavy atom. The zero-order chi connectivity index (χ0) is 13.5. The van der Waals surface area contributed by atoms with Gasteiger partial charge in [-0.1, -0.05) is 48.5 Å². The molecule has 3 heteroatoms. The van der Waals surface area contributed by atoms with Crippen molar-refractivity contribution in [3.8, 4) is 0 Å². The Kier molecular flexibility index (Phi) is 5.04. The maximum Gasteiger partial charge on any atom is 0.237 e. The molecule has 0 unspecified atom stereocenters. The molecule has 1 amide bonds. The van der Waals surface area contributed by atoms with Crippen LogP contribution in [-0.4, -0.2) is 11.2 Å². The van der Waals surface area contributed by atoms with Crippen molar-refractivity contribution in [2.75, 3.05) is 5.32 Å². The number of carbonyl (C=O) groups is 1. The van der Waals surface area contributed by atoms with Gasteiger partial charge in [-0.25, -0.2) is 0 Å². The van der Waals surface area contributed by atoms with Gasteiger partial charge in [-0.15, -0.1) is 11.8 Å². The molecule has 0 bridgehead atoms. The van der Waals surface area contributed by atoms with Gasteiger partial charge in [-0.3, -0.25) is 4.79 Å². The van der Waals surface area contributed by atoms with Gasteiger partial charge in [0, 0.05) is 11.4 Å². The highest BCUT2D eigenvalue weighted by atomic mass is 32.2. The monoisotopic (exact) mass is 271 g/mol. The molecule has 0 aliphatic heterocycles. The number of carbonyl (C=O) groups excluding carboxylic acids is 1. The number of benzene rings is 2. The lowest BCUT2D eigenvalue weighted by Gasteiger charge is -2.12. The Hall–Kier alpha value is -1.74. The van der Waals surface area contributed by atoms with Crippen molar-refractivity contribution in [3.63, 3.8) is 0 Å². The smallest absolute Gasteiger partial charge is 0.237 e. The van der Waals surface area contributed by atoms with Crippen LogP contribution in [0.15, 0.2) is 60.7 Å². The maximum absolute atomic E-state index is 12.0. The highest BCUT2D eigenvalue weighted by Crippen LogP contribution is 2.19. The summed E-state index contributed by atoms with van der Waals surface area (Å²) in [4.78, 5) is 12.0. The molecule has 0 radical (unpaired) electrons. The van der Waals surface area contributed by atoms with E-state index in [9.17, 15) is 4.79 Å². The van der Waals surface area contributed by atoms with Gasteiger partial charge in [0.25, 0.3) is 0 Å². The summed E-state index contributed by atoms with van der Waals surface area (Å²) in [6.07, 6.45) is 0. The molecular weight excluding hydrogens is 254 g/mol. The first-order valence-corrected chi connectivity index (χ1v) is 7.32. The van der Waals surface area contributed by atoms with Crippen LogP contribution in [0.3, 0.4) is 0 Å². The van der Waals surface area contributed by atoms with Gasteiger partial charge in [0.1, 0.15) is 0 Å². The first-order valence-electron chi connectivity index (χ1n) is 6.27. The van der Waals surface area contributed by atoms with E-state index < -0.39 is 0 Å². The molecular formula is C16H17NOS. The van der Waals surface area contributed by atoms with Crippen LogP contribution in [0, 0.1) is 0 Å². The van der Waals surface area contributed by atoms with Crippen LogP contribution >= 0.6 is 11.8 Å². The average Bonchev–Trinajstić information content (AvgIpc) is 2.47. The van der Waals surface area contributed by atoms with Crippen LogP contribution in [0.4, 0.5) is 5.69 Å². The standard InChI is InChI=1S/C16H17NOS/c1-13(19-12-14-8-4-2-5-9-14)16(18)17-15-10-6-3-7-11-15/h2-11,13H,12H2,1H3,(H,17,18)/t13-/m1/s1. The first kappa shape index (κ1) is 13.7. The Bertz CT molecular complexity index is 513. The number of amides is 1. The molecule has 0 saturated heterocycles. The van der Waals surface area contributed by atoms with Crippen molar-refractivity contribution in [1.82, 2.24) is 0 Å². The summed E-state index contributed by atoms with van der Waals surface area (Å²) in [5.41, 5.74) is 2.09. The summed E-state index contributed by atoms with van der Waals surface area (Å²) in [5.74, 6) is 0.900. The fourth-order valence-corrected chi connectivity index (χ4v) is 2.48. The molecule has 0 spiro atoms. The summed E-state index contributed by atoms with van der Waals surface area (Å²) in [5, 5.41) is 2.85. The van der Waals surface area contributed by atoms with Crippen LogP contribution in [0.25, 0.3) is 0 Å². The largest absolute Gasteiger partial charge is 0.325 e. The number of hydrogen-bond acceptors (Lipinski definition) is 2. The third kappa shape index (κ3) is 4.45. The molecule has 1 N–H and O–H groups in total. The van der Waals surface area contributed by atoms with Crippen molar-refractivity contribution >= 4 is 23.4 Å². The third-order valence-electron chi connectivity index (χ3n) is 2.75. The molecule has 19 heavy (non-hydrogen) atoms. The first-order chi connectivity index (χ1) is 9.25. The molecule has 2 aromatic rings. The molecule has 2 aromatic carbocycles. The van der Waals surface area contributed by atoms with Gasteiger partial charge in [-0.2, -0.15) is 0 Å². The fourth-order valence-electron chi connectivity index (χ4n) is 1.64. The predicted molar refractivity (Wildman–Crippen MR) is 82.3 cm³/mol. The van der Waals surface area contributed by atoms with E-state index in [0.29, 0.717) is 0 Å². The summed E-state index contributed by atoms with van der Waals surface area (Å²) >= 11 is 1.64. The Morgan fingerprint density at radius 1 is 1.05 bits per heavy atom. The van der Waals surface area contributed by atoms with Gasteiger partial charge < -0.3 is 5.32 Å². The minimum Gasteiger partial charge on any atom is -0.325 e. The van der Waals surface area contributed by atoms with Crippen LogP contribution < -0.4 is 5.32 Å². The van der Waals surface area contributed by atoms with Crippen molar-refractivity contribution in [2.45, 2.75) is 17.9 Å². The fraction of sp³-hybridized carbons (Fsp3) is 0.188. The van der Waals surface area contributed by atoms with Gasteiger partial charge >= 0.3 is 0 Å². The molecule has 0 aliphatic carbocycles. The van der Waals surface area contributed by atoms with Crippen LogP contribution in [0.2, 0.25) is 0 Å². The summed E-state index contributed by atoms with van der Waals surface area (Å²) in [6, 6.07) is 19.7. The van der Waals surface area contributed by atoms with Gasteiger partial charge in [0.15, 0.2) is 0 Å². The quantitative estimate of drug-likeness (QED) is 0.892. The van der Waals surface area contributed by atoms with Crippen LogP contribution in [0.5, 0.6) is 0 Å². The Morgan fingerprint density at radius 2 is 1.63 bits per heavy atom.